The van der Waals surface area contributed by atoms with Crippen molar-refractivity contribution in [2.45, 2.75) is 39.5 Å². The molecule has 0 unspecified atom stereocenters. The Kier molecular flexibility index (Phi) is 10.6. The van der Waals surface area contributed by atoms with Crippen molar-refractivity contribution in [2.75, 3.05) is 25.5 Å². The van der Waals surface area contributed by atoms with E-state index in [2.05, 4.69) is 25.7 Å². The Morgan fingerprint density at radius 3 is 2.55 bits per heavy atom. The molecule has 7 nitrogen and oxygen atoms in total. The highest BCUT2D eigenvalue weighted by Gasteiger charge is 2.17. The van der Waals surface area contributed by atoms with Crippen LogP contribution in [-0.4, -0.2) is 43.6 Å². The van der Waals surface area contributed by atoms with Gasteiger partial charge in [0.25, 0.3) is 0 Å². The number of amides is 2. The van der Waals surface area contributed by atoms with Gasteiger partial charge in [0.15, 0.2) is 5.96 Å². The van der Waals surface area contributed by atoms with Gasteiger partial charge in [-0.2, -0.15) is 8.78 Å². The third kappa shape index (κ3) is 8.34. The quantitative estimate of drug-likeness (QED) is 0.255. The molecule has 3 N–H and O–H groups in total. The number of urea groups is 1. The standard InChI is InChI=1S/C23H29F2N5O2.HI/c1-16-8-9-20(32-21(24)25)18(12-16)15-28-22(26-2)27-14-17-6-5-7-19(13-17)29-23(31)30-10-3-4-11-30;/h5-9,12-13,21H,3-4,10-11,14-15H2,1-2H3,(H,29,31)(H2,26,27,28);1H. The molecule has 0 atom stereocenters. The number of nitrogens with zero attached hydrogens (tertiary/aromatic N) is 2. The number of carbonyl (C=O) groups is 1. The van der Waals surface area contributed by atoms with Crippen LogP contribution in [0, 0.1) is 6.92 Å². The third-order valence-electron chi connectivity index (χ3n) is 5.13. The van der Waals surface area contributed by atoms with Crippen LogP contribution in [0.3, 0.4) is 0 Å². The van der Waals surface area contributed by atoms with Crippen molar-refractivity contribution >= 4 is 41.7 Å². The molecule has 0 saturated carbocycles. The number of halogens is 3. The summed E-state index contributed by atoms with van der Waals surface area (Å²) < 4.78 is 29.9. The molecule has 2 amide bonds. The van der Waals surface area contributed by atoms with Crippen molar-refractivity contribution in [3.8, 4) is 5.75 Å². The molecule has 1 aliphatic heterocycles. The second kappa shape index (κ2) is 13.2. The van der Waals surface area contributed by atoms with Gasteiger partial charge in [-0.1, -0.05) is 29.8 Å². The van der Waals surface area contributed by atoms with E-state index < -0.39 is 6.61 Å². The van der Waals surface area contributed by atoms with E-state index in [1.807, 2.05) is 36.1 Å². The molecule has 10 heteroatoms. The minimum absolute atomic E-state index is 0. The lowest BCUT2D eigenvalue weighted by Crippen LogP contribution is -2.36. The zero-order valence-electron chi connectivity index (χ0n) is 18.7. The smallest absolute Gasteiger partial charge is 0.387 e. The number of nitrogens with one attached hydrogen (secondary N) is 3. The summed E-state index contributed by atoms with van der Waals surface area (Å²) in [6.45, 7) is 1.33. The Labute approximate surface area is 210 Å². The van der Waals surface area contributed by atoms with Crippen LogP contribution in [0.2, 0.25) is 0 Å². The van der Waals surface area contributed by atoms with Gasteiger partial charge in [-0.25, -0.2) is 4.79 Å². The van der Waals surface area contributed by atoms with Crippen LogP contribution in [0.25, 0.3) is 0 Å². The minimum Gasteiger partial charge on any atom is -0.434 e. The molecule has 0 spiro atoms. The first kappa shape index (κ1) is 26.6. The van der Waals surface area contributed by atoms with Crippen LogP contribution in [0.1, 0.15) is 29.5 Å². The molecule has 180 valence electrons. The lowest BCUT2D eigenvalue weighted by Gasteiger charge is -2.17. The third-order valence-corrected chi connectivity index (χ3v) is 5.13. The van der Waals surface area contributed by atoms with Gasteiger partial charge in [-0.05, 0) is 43.5 Å². The van der Waals surface area contributed by atoms with E-state index in [1.54, 1.807) is 19.2 Å². The lowest BCUT2D eigenvalue weighted by atomic mass is 10.1. The summed E-state index contributed by atoms with van der Waals surface area (Å²) in [5.74, 6) is 0.649. The molecule has 0 bridgehead atoms. The molecule has 2 aromatic carbocycles. The van der Waals surface area contributed by atoms with Gasteiger partial charge in [0.1, 0.15) is 5.75 Å². The molecule has 1 fully saturated rings. The van der Waals surface area contributed by atoms with Gasteiger partial charge in [-0.15, -0.1) is 24.0 Å². The average Bonchev–Trinajstić information content (AvgIpc) is 3.31. The topological polar surface area (TPSA) is 78.0 Å². The zero-order valence-corrected chi connectivity index (χ0v) is 21.1. The Balaban J connectivity index is 0.00000385. The van der Waals surface area contributed by atoms with Gasteiger partial charge in [0.2, 0.25) is 0 Å². The second-order valence-electron chi connectivity index (χ2n) is 7.59. The van der Waals surface area contributed by atoms with Crippen LogP contribution >= 0.6 is 24.0 Å². The van der Waals surface area contributed by atoms with Gasteiger partial charge in [0, 0.05) is 44.5 Å². The normalized spacial score (nSPS) is 13.5. The number of likely N-dealkylation sites (tertiary alicyclic amines) is 1. The number of guanidine groups is 1. The van der Waals surface area contributed by atoms with E-state index in [0.717, 1.165) is 42.7 Å². The fourth-order valence-corrected chi connectivity index (χ4v) is 3.52. The molecule has 1 saturated heterocycles. The molecule has 0 radical (unpaired) electrons. The number of alkyl halides is 2. The van der Waals surface area contributed by atoms with Crippen LogP contribution in [-0.2, 0) is 13.1 Å². The Hall–Kier alpha value is -2.63. The van der Waals surface area contributed by atoms with Crippen molar-refractivity contribution in [2.24, 2.45) is 4.99 Å². The van der Waals surface area contributed by atoms with E-state index in [9.17, 15) is 13.6 Å². The molecule has 0 aliphatic carbocycles. The molecule has 0 aromatic heterocycles. The predicted octanol–water partition coefficient (Wildman–Crippen LogP) is 4.71. The molecule has 1 heterocycles. The summed E-state index contributed by atoms with van der Waals surface area (Å²) in [4.78, 5) is 18.3. The maximum absolute atomic E-state index is 12.7. The molecular formula is C23H30F2IN5O2. The van der Waals surface area contributed by atoms with E-state index in [0.29, 0.717) is 18.1 Å². The zero-order chi connectivity index (χ0) is 22.9. The highest BCUT2D eigenvalue weighted by atomic mass is 127. The highest BCUT2D eigenvalue weighted by Crippen LogP contribution is 2.22. The Bertz CT molecular complexity index is 952. The van der Waals surface area contributed by atoms with Crippen molar-refractivity contribution < 1.29 is 18.3 Å². The van der Waals surface area contributed by atoms with Gasteiger partial charge in [0.05, 0.1) is 0 Å². The number of benzene rings is 2. The van der Waals surface area contributed by atoms with Crippen LogP contribution in [0.15, 0.2) is 47.5 Å². The van der Waals surface area contributed by atoms with Gasteiger partial charge < -0.3 is 25.6 Å². The fraction of sp³-hybridized carbons (Fsp3) is 0.391. The number of aryl methyl sites for hydroxylation is 1. The highest BCUT2D eigenvalue weighted by molar-refractivity contribution is 14.0. The van der Waals surface area contributed by atoms with Gasteiger partial charge in [-0.3, -0.25) is 4.99 Å². The molecular weight excluding hydrogens is 543 g/mol. The summed E-state index contributed by atoms with van der Waals surface area (Å²) >= 11 is 0. The van der Waals surface area contributed by atoms with Crippen molar-refractivity contribution in [3.05, 3.63) is 59.2 Å². The number of rotatable bonds is 7. The number of carbonyl (C=O) groups excluding carboxylic acids is 1. The number of aliphatic imine (C=N–C) groups is 1. The van der Waals surface area contributed by atoms with E-state index >= 15 is 0 Å². The van der Waals surface area contributed by atoms with Crippen molar-refractivity contribution in [3.63, 3.8) is 0 Å². The fourth-order valence-electron chi connectivity index (χ4n) is 3.52. The summed E-state index contributed by atoms with van der Waals surface area (Å²) in [6.07, 6.45) is 2.09. The number of ether oxygens (including phenoxy) is 1. The largest absolute Gasteiger partial charge is 0.434 e. The minimum atomic E-state index is -2.88. The first-order valence-electron chi connectivity index (χ1n) is 10.6. The van der Waals surface area contributed by atoms with E-state index in [-0.39, 0.29) is 42.3 Å². The second-order valence-corrected chi connectivity index (χ2v) is 7.59. The maximum Gasteiger partial charge on any atom is 0.387 e. The average molecular weight is 573 g/mol. The van der Waals surface area contributed by atoms with Crippen molar-refractivity contribution in [1.29, 1.82) is 0 Å². The van der Waals surface area contributed by atoms with E-state index in [4.69, 9.17) is 0 Å². The summed E-state index contributed by atoms with van der Waals surface area (Å²) in [5, 5.41) is 9.25. The first-order chi connectivity index (χ1) is 15.4. The Morgan fingerprint density at radius 2 is 1.85 bits per heavy atom. The summed E-state index contributed by atoms with van der Waals surface area (Å²) in [7, 11) is 1.63. The first-order valence-corrected chi connectivity index (χ1v) is 10.6. The molecule has 33 heavy (non-hydrogen) atoms. The molecule has 2 aromatic rings. The van der Waals surface area contributed by atoms with Gasteiger partial charge >= 0.3 is 12.6 Å². The summed E-state index contributed by atoms with van der Waals surface area (Å²) in [5.41, 5.74) is 3.25. The lowest BCUT2D eigenvalue weighted by molar-refractivity contribution is -0.0504. The SMILES string of the molecule is CN=C(NCc1cccc(NC(=O)N2CCCC2)c1)NCc1cc(C)ccc1OC(F)F.I. The predicted molar refractivity (Wildman–Crippen MR) is 137 cm³/mol. The molecule has 3 rings (SSSR count). The monoisotopic (exact) mass is 573 g/mol. The number of hydrogen-bond acceptors (Lipinski definition) is 3. The maximum atomic E-state index is 12.7. The van der Waals surface area contributed by atoms with Crippen molar-refractivity contribution in [1.82, 2.24) is 15.5 Å². The van der Waals surface area contributed by atoms with Crippen LogP contribution in [0.4, 0.5) is 19.3 Å². The van der Waals surface area contributed by atoms with Crippen LogP contribution in [0.5, 0.6) is 5.75 Å². The summed E-state index contributed by atoms with van der Waals surface area (Å²) in [6, 6.07) is 12.6. The molecule has 1 aliphatic rings. The number of anilines is 1. The van der Waals surface area contributed by atoms with Crippen LogP contribution < -0.4 is 20.7 Å². The number of hydrogen-bond donors (Lipinski definition) is 3. The van der Waals surface area contributed by atoms with E-state index in [1.165, 1.54) is 6.07 Å². The Morgan fingerprint density at radius 1 is 1.12 bits per heavy atom.